The highest BCUT2D eigenvalue weighted by Gasteiger charge is 2.29. The molecule has 2 unspecified atom stereocenters. The molecular formula is C12H22N4O2. The molecule has 2 N–H and O–H groups in total. The van der Waals surface area contributed by atoms with Crippen molar-refractivity contribution in [2.45, 2.75) is 51.3 Å². The molecule has 1 aromatic heterocycles. The van der Waals surface area contributed by atoms with Gasteiger partial charge in [0.05, 0.1) is 11.6 Å². The minimum absolute atomic E-state index is 0.0687. The van der Waals surface area contributed by atoms with E-state index in [4.69, 9.17) is 9.15 Å². The highest BCUT2D eigenvalue weighted by atomic mass is 16.5. The minimum Gasteiger partial charge on any atom is -0.406 e. The van der Waals surface area contributed by atoms with Gasteiger partial charge in [-0.2, -0.15) is 0 Å². The van der Waals surface area contributed by atoms with E-state index in [1.807, 2.05) is 14.0 Å². The predicted molar refractivity (Wildman–Crippen MR) is 68.4 cm³/mol. The van der Waals surface area contributed by atoms with E-state index in [0.717, 1.165) is 19.4 Å². The van der Waals surface area contributed by atoms with Crippen molar-refractivity contribution >= 4 is 6.01 Å². The third kappa shape index (κ3) is 3.20. The SMILES string of the molecule is CNC(C)c1nnc(NC2CCOC(C)(C)C2)o1. The lowest BCUT2D eigenvalue weighted by atomic mass is 9.94. The van der Waals surface area contributed by atoms with E-state index >= 15 is 0 Å². The zero-order valence-electron chi connectivity index (χ0n) is 11.5. The molecule has 2 atom stereocenters. The molecule has 6 nitrogen and oxygen atoms in total. The fourth-order valence-corrected chi connectivity index (χ4v) is 2.12. The number of nitrogens with one attached hydrogen (secondary N) is 2. The molecule has 1 aliphatic heterocycles. The molecule has 102 valence electrons. The van der Waals surface area contributed by atoms with Crippen LogP contribution in [0.5, 0.6) is 0 Å². The van der Waals surface area contributed by atoms with E-state index < -0.39 is 0 Å². The molecule has 2 heterocycles. The van der Waals surface area contributed by atoms with Crippen molar-refractivity contribution in [1.82, 2.24) is 15.5 Å². The van der Waals surface area contributed by atoms with E-state index in [0.29, 0.717) is 17.9 Å². The van der Waals surface area contributed by atoms with Crippen LogP contribution in [0.2, 0.25) is 0 Å². The quantitative estimate of drug-likeness (QED) is 0.852. The zero-order valence-corrected chi connectivity index (χ0v) is 11.5. The maximum Gasteiger partial charge on any atom is 0.315 e. The van der Waals surface area contributed by atoms with Gasteiger partial charge in [0.15, 0.2) is 0 Å². The molecular weight excluding hydrogens is 232 g/mol. The van der Waals surface area contributed by atoms with Gasteiger partial charge in [-0.3, -0.25) is 0 Å². The third-order valence-electron chi connectivity index (χ3n) is 3.27. The van der Waals surface area contributed by atoms with Crippen LogP contribution in [-0.4, -0.2) is 35.5 Å². The summed E-state index contributed by atoms with van der Waals surface area (Å²) < 4.78 is 11.2. The number of rotatable bonds is 4. The molecule has 0 bridgehead atoms. The maximum absolute atomic E-state index is 5.68. The van der Waals surface area contributed by atoms with Gasteiger partial charge < -0.3 is 19.8 Å². The van der Waals surface area contributed by atoms with Crippen LogP contribution in [0.25, 0.3) is 0 Å². The van der Waals surface area contributed by atoms with Crippen molar-refractivity contribution in [1.29, 1.82) is 0 Å². The normalized spacial score (nSPS) is 24.8. The molecule has 18 heavy (non-hydrogen) atoms. The first-order chi connectivity index (χ1) is 8.50. The second kappa shape index (κ2) is 5.24. The Labute approximate surface area is 107 Å². The number of anilines is 1. The first kappa shape index (κ1) is 13.3. The van der Waals surface area contributed by atoms with Crippen LogP contribution >= 0.6 is 0 Å². The molecule has 0 saturated carbocycles. The van der Waals surface area contributed by atoms with Gasteiger partial charge in [-0.25, -0.2) is 0 Å². The van der Waals surface area contributed by atoms with Crippen LogP contribution in [0.15, 0.2) is 4.42 Å². The van der Waals surface area contributed by atoms with Gasteiger partial charge in [-0.1, -0.05) is 5.10 Å². The summed E-state index contributed by atoms with van der Waals surface area (Å²) in [5, 5.41) is 14.4. The third-order valence-corrected chi connectivity index (χ3v) is 3.27. The molecule has 1 aromatic rings. The van der Waals surface area contributed by atoms with Crippen molar-refractivity contribution in [3.8, 4) is 0 Å². The Kier molecular flexibility index (Phi) is 3.87. The molecule has 0 radical (unpaired) electrons. The van der Waals surface area contributed by atoms with Gasteiger partial charge in [-0.05, 0) is 40.7 Å². The first-order valence-corrected chi connectivity index (χ1v) is 6.41. The summed E-state index contributed by atoms with van der Waals surface area (Å²) in [6, 6.07) is 0.890. The standard InChI is InChI=1S/C12H22N4O2/c1-8(13-4)10-15-16-11(18-10)14-9-5-6-17-12(2,3)7-9/h8-9,13H,5-7H2,1-4H3,(H,14,16). The number of hydrogen-bond acceptors (Lipinski definition) is 6. The van der Waals surface area contributed by atoms with Crippen LogP contribution < -0.4 is 10.6 Å². The predicted octanol–water partition coefficient (Wildman–Crippen LogP) is 1.72. The smallest absolute Gasteiger partial charge is 0.315 e. The summed E-state index contributed by atoms with van der Waals surface area (Å²) in [5.74, 6) is 0.603. The molecule has 0 aromatic carbocycles. The van der Waals surface area contributed by atoms with Crippen molar-refractivity contribution < 1.29 is 9.15 Å². The second-order valence-corrected chi connectivity index (χ2v) is 5.40. The molecule has 6 heteroatoms. The van der Waals surface area contributed by atoms with Gasteiger partial charge in [0, 0.05) is 12.6 Å². The maximum atomic E-state index is 5.68. The summed E-state index contributed by atoms with van der Waals surface area (Å²) in [7, 11) is 1.86. The lowest BCUT2D eigenvalue weighted by molar-refractivity contribution is -0.0555. The van der Waals surface area contributed by atoms with E-state index in [-0.39, 0.29) is 11.6 Å². The largest absolute Gasteiger partial charge is 0.406 e. The lowest BCUT2D eigenvalue weighted by Gasteiger charge is -2.35. The highest BCUT2D eigenvalue weighted by Crippen LogP contribution is 2.26. The van der Waals surface area contributed by atoms with Gasteiger partial charge in [0.2, 0.25) is 5.89 Å². The summed E-state index contributed by atoms with van der Waals surface area (Å²) in [6.45, 7) is 6.94. The second-order valence-electron chi connectivity index (χ2n) is 5.40. The number of nitrogens with zero attached hydrogens (tertiary/aromatic N) is 2. The van der Waals surface area contributed by atoms with Gasteiger partial charge in [-0.15, -0.1) is 5.10 Å². The van der Waals surface area contributed by atoms with Crippen LogP contribution in [0.1, 0.15) is 45.5 Å². The first-order valence-electron chi connectivity index (χ1n) is 6.41. The molecule has 0 spiro atoms. The van der Waals surface area contributed by atoms with Crippen molar-refractivity contribution in [3.05, 3.63) is 5.89 Å². The van der Waals surface area contributed by atoms with Crippen LogP contribution in [0, 0.1) is 0 Å². The lowest BCUT2D eigenvalue weighted by Crippen LogP contribution is -2.40. The summed E-state index contributed by atoms with van der Waals surface area (Å²) in [4.78, 5) is 0. The van der Waals surface area contributed by atoms with Gasteiger partial charge >= 0.3 is 6.01 Å². The van der Waals surface area contributed by atoms with Gasteiger partial charge in [0.1, 0.15) is 0 Å². The molecule has 0 amide bonds. The Bertz CT molecular complexity index is 391. The molecule has 1 fully saturated rings. The Hall–Kier alpha value is -1.14. The van der Waals surface area contributed by atoms with E-state index in [1.54, 1.807) is 0 Å². The van der Waals surface area contributed by atoms with Crippen LogP contribution in [0.3, 0.4) is 0 Å². The summed E-state index contributed by atoms with van der Waals surface area (Å²) >= 11 is 0. The van der Waals surface area contributed by atoms with E-state index in [1.165, 1.54) is 0 Å². The monoisotopic (exact) mass is 254 g/mol. The van der Waals surface area contributed by atoms with Crippen molar-refractivity contribution in [3.63, 3.8) is 0 Å². The highest BCUT2D eigenvalue weighted by molar-refractivity contribution is 5.20. The average molecular weight is 254 g/mol. The van der Waals surface area contributed by atoms with Gasteiger partial charge in [0.25, 0.3) is 0 Å². The fourth-order valence-electron chi connectivity index (χ4n) is 2.12. The summed E-state index contributed by atoms with van der Waals surface area (Å²) in [5.41, 5.74) is -0.0863. The van der Waals surface area contributed by atoms with Crippen molar-refractivity contribution in [2.75, 3.05) is 19.0 Å². The van der Waals surface area contributed by atoms with Crippen LogP contribution in [-0.2, 0) is 4.74 Å². The molecule has 1 saturated heterocycles. The van der Waals surface area contributed by atoms with Crippen LogP contribution in [0.4, 0.5) is 6.01 Å². The Morgan fingerprint density at radius 3 is 2.83 bits per heavy atom. The minimum atomic E-state index is -0.0863. The summed E-state index contributed by atoms with van der Waals surface area (Å²) in [6.07, 6.45) is 1.90. The number of ether oxygens (including phenoxy) is 1. The fraction of sp³-hybridized carbons (Fsp3) is 0.833. The molecule has 1 aliphatic rings. The Balaban J connectivity index is 1.95. The Morgan fingerprint density at radius 2 is 2.17 bits per heavy atom. The zero-order chi connectivity index (χ0) is 13.2. The number of hydrogen-bond donors (Lipinski definition) is 2. The topological polar surface area (TPSA) is 72.2 Å². The van der Waals surface area contributed by atoms with Crippen molar-refractivity contribution in [2.24, 2.45) is 0 Å². The number of aromatic nitrogens is 2. The Morgan fingerprint density at radius 1 is 1.39 bits per heavy atom. The van der Waals surface area contributed by atoms with E-state index in [2.05, 4.69) is 34.7 Å². The average Bonchev–Trinajstić information content (AvgIpc) is 2.75. The molecule has 0 aliphatic carbocycles. The molecule has 2 rings (SSSR count). The van der Waals surface area contributed by atoms with E-state index in [9.17, 15) is 0 Å².